The topological polar surface area (TPSA) is 29.5 Å². The summed E-state index contributed by atoms with van der Waals surface area (Å²) in [4.78, 5) is 0. The molecule has 0 saturated heterocycles. The Kier molecular flexibility index (Phi) is 5.33. The van der Waals surface area contributed by atoms with Gasteiger partial charge >= 0.3 is 0 Å². The van der Waals surface area contributed by atoms with Gasteiger partial charge < -0.3 is 9.84 Å². The number of aliphatic hydroxyl groups excluding tert-OH is 1. The first-order valence-electron chi connectivity index (χ1n) is 6.81. The monoisotopic (exact) mass is 268 g/mol. The largest absolute Gasteiger partial charge is 0.493 e. The zero-order valence-corrected chi connectivity index (χ0v) is 11.5. The van der Waals surface area contributed by atoms with Crippen LogP contribution in [0.3, 0.4) is 0 Å². The summed E-state index contributed by atoms with van der Waals surface area (Å²) in [6.45, 7) is 0.707. The van der Waals surface area contributed by atoms with Gasteiger partial charge in [-0.1, -0.05) is 43.7 Å². The first-order chi connectivity index (χ1) is 8.79. The van der Waals surface area contributed by atoms with Gasteiger partial charge in [0.1, 0.15) is 5.75 Å². The molecule has 1 saturated carbocycles. The van der Waals surface area contributed by atoms with Gasteiger partial charge in [0.15, 0.2) is 0 Å². The first kappa shape index (κ1) is 13.7. The molecule has 0 amide bonds. The van der Waals surface area contributed by atoms with Crippen molar-refractivity contribution in [1.82, 2.24) is 0 Å². The van der Waals surface area contributed by atoms with E-state index in [9.17, 15) is 5.11 Å². The molecule has 1 fully saturated rings. The van der Waals surface area contributed by atoms with Crippen LogP contribution in [0.25, 0.3) is 0 Å². The van der Waals surface area contributed by atoms with Crippen molar-refractivity contribution >= 4 is 11.6 Å². The molecule has 3 heteroatoms. The molecular formula is C15H21ClO2. The molecular weight excluding hydrogens is 248 g/mol. The van der Waals surface area contributed by atoms with E-state index in [0.717, 1.165) is 30.3 Å². The van der Waals surface area contributed by atoms with Gasteiger partial charge in [-0.15, -0.1) is 0 Å². The number of hydrogen-bond acceptors (Lipinski definition) is 2. The molecule has 0 unspecified atom stereocenters. The van der Waals surface area contributed by atoms with Crippen molar-refractivity contribution in [3.05, 3.63) is 28.8 Å². The molecule has 18 heavy (non-hydrogen) atoms. The number of rotatable bonds is 5. The van der Waals surface area contributed by atoms with Gasteiger partial charge in [-0.05, 0) is 30.5 Å². The second-order valence-corrected chi connectivity index (χ2v) is 5.49. The van der Waals surface area contributed by atoms with Gasteiger partial charge in [0, 0.05) is 10.6 Å². The summed E-state index contributed by atoms with van der Waals surface area (Å²) in [5.41, 5.74) is 0.770. The summed E-state index contributed by atoms with van der Waals surface area (Å²) in [5.74, 6) is 1.58. The van der Waals surface area contributed by atoms with Crippen LogP contribution in [0.1, 0.15) is 44.1 Å². The average Bonchev–Trinajstić information content (AvgIpc) is 2.41. The molecule has 2 nitrogen and oxygen atoms in total. The molecule has 1 N–H and O–H groups in total. The van der Waals surface area contributed by atoms with E-state index in [1.165, 1.54) is 32.1 Å². The lowest BCUT2D eigenvalue weighted by Crippen LogP contribution is -2.11. The van der Waals surface area contributed by atoms with Crippen molar-refractivity contribution in [2.75, 3.05) is 6.61 Å². The van der Waals surface area contributed by atoms with Gasteiger partial charge in [-0.3, -0.25) is 0 Å². The van der Waals surface area contributed by atoms with E-state index < -0.39 is 0 Å². The molecule has 100 valence electrons. The van der Waals surface area contributed by atoms with Gasteiger partial charge in [0.25, 0.3) is 0 Å². The van der Waals surface area contributed by atoms with Gasteiger partial charge in [0.2, 0.25) is 0 Å². The number of benzene rings is 1. The van der Waals surface area contributed by atoms with Gasteiger partial charge in [-0.2, -0.15) is 0 Å². The molecule has 2 rings (SSSR count). The highest BCUT2D eigenvalue weighted by Crippen LogP contribution is 2.27. The Labute approximate surface area is 114 Å². The predicted octanol–water partition coefficient (Wildman–Crippen LogP) is 4.18. The molecule has 1 aliphatic rings. The molecule has 0 atom stereocenters. The average molecular weight is 269 g/mol. The van der Waals surface area contributed by atoms with Crippen molar-refractivity contribution in [2.24, 2.45) is 5.92 Å². The van der Waals surface area contributed by atoms with Crippen LogP contribution in [0.15, 0.2) is 18.2 Å². The fraction of sp³-hybridized carbons (Fsp3) is 0.600. The Hall–Kier alpha value is -0.730. The van der Waals surface area contributed by atoms with E-state index in [4.69, 9.17) is 16.3 Å². The number of aliphatic hydroxyl groups is 1. The minimum absolute atomic E-state index is 0.0285. The number of hydrogen-bond donors (Lipinski definition) is 1. The van der Waals surface area contributed by atoms with Gasteiger partial charge in [0.05, 0.1) is 13.2 Å². The summed E-state index contributed by atoms with van der Waals surface area (Å²) >= 11 is 5.88. The number of ether oxygens (including phenoxy) is 1. The van der Waals surface area contributed by atoms with E-state index in [-0.39, 0.29) is 6.61 Å². The highest BCUT2D eigenvalue weighted by molar-refractivity contribution is 6.30. The lowest BCUT2D eigenvalue weighted by Gasteiger charge is -2.21. The molecule has 1 aliphatic carbocycles. The fourth-order valence-corrected chi connectivity index (χ4v) is 2.82. The second-order valence-electron chi connectivity index (χ2n) is 5.05. The molecule has 1 aromatic carbocycles. The van der Waals surface area contributed by atoms with Crippen molar-refractivity contribution in [3.63, 3.8) is 0 Å². The van der Waals surface area contributed by atoms with E-state index in [1.807, 2.05) is 6.07 Å². The molecule has 0 aromatic heterocycles. The standard InChI is InChI=1S/C15H21ClO2/c16-14-6-7-15(13(10-14)11-17)18-9-8-12-4-2-1-3-5-12/h6-7,10,12,17H,1-5,8-9,11H2. The van der Waals surface area contributed by atoms with Crippen molar-refractivity contribution in [2.45, 2.75) is 45.1 Å². The van der Waals surface area contributed by atoms with Gasteiger partial charge in [-0.25, -0.2) is 0 Å². The lowest BCUT2D eigenvalue weighted by molar-refractivity contribution is 0.234. The smallest absolute Gasteiger partial charge is 0.124 e. The van der Waals surface area contributed by atoms with Crippen LogP contribution >= 0.6 is 11.6 Å². The third-order valence-corrected chi connectivity index (χ3v) is 3.94. The Balaban J connectivity index is 1.82. The summed E-state index contributed by atoms with van der Waals surface area (Å²) in [6.07, 6.45) is 7.94. The molecule has 0 heterocycles. The quantitative estimate of drug-likeness (QED) is 0.868. The van der Waals surface area contributed by atoms with E-state index in [0.29, 0.717) is 5.02 Å². The molecule has 0 radical (unpaired) electrons. The highest BCUT2D eigenvalue weighted by atomic mass is 35.5. The maximum absolute atomic E-state index is 9.25. The van der Waals surface area contributed by atoms with Crippen LogP contribution in [0.4, 0.5) is 0 Å². The van der Waals surface area contributed by atoms with Crippen LogP contribution in [0, 0.1) is 5.92 Å². The molecule has 0 bridgehead atoms. The molecule has 0 aliphatic heterocycles. The fourth-order valence-electron chi connectivity index (χ4n) is 2.62. The van der Waals surface area contributed by atoms with Crippen molar-refractivity contribution < 1.29 is 9.84 Å². The minimum Gasteiger partial charge on any atom is -0.493 e. The lowest BCUT2D eigenvalue weighted by atomic mass is 9.87. The number of halogens is 1. The third kappa shape index (κ3) is 3.89. The van der Waals surface area contributed by atoms with E-state index >= 15 is 0 Å². The maximum Gasteiger partial charge on any atom is 0.124 e. The van der Waals surface area contributed by atoms with Crippen LogP contribution in [-0.2, 0) is 6.61 Å². The van der Waals surface area contributed by atoms with Crippen LogP contribution < -0.4 is 4.74 Å². The zero-order valence-electron chi connectivity index (χ0n) is 10.7. The highest BCUT2D eigenvalue weighted by Gasteiger charge is 2.13. The Morgan fingerprint density at radius 3 is 2.72 bits per heavy atom. The summed E-state index contributed by atoms with van der Waals surface area (Å²) in [5, 5.41) is 9.89. The Bertz CT molecular complexity index is 373. The van der Waals surface area contributed by atoms with E-state index in [1.54, 1.807) is 12.1 Å². The first-order valence-corrected chi connectivity index (χ1v) is 7.19. The summed E-state index contributed by atoms with van der Waals surface area (Å²) in [7, 11) is 0. The maximum atomic E-state index is 9.25. The summed E-state index contributed by atoms with van der Waals surface area (Å²) < 4.78 is 5.77. The SMILES string of the molecule is OCc1cc(Cl)ccc1OCCC1CCCCC1. The van der Waals surface area contributed by atoms with Crippen LogP contribution in [0.2, 0.25) is 5.02 Å². The predicted molar refractivity (Wildman–Crippen MR) is 74.1 cm³/mol. The van der Waals surface area contributed by atoms with E-state index in [2.05, 4.69) is 0 Å². The molecule has 0 spiro atoms. The summed E-state index contributed by atoms with van der Waals surface area (Å²) in [6, 6.07) is 5.41. The minimum atomic E-state index is -0.0285. The Morgan fingerprint density at radius 2 is 2.00 bits per heavy atom. The van der Waals surface area contributed by atoms with Crippen molar-refractivity contribution in [3.8, 4) is 5.75 Å². The normalized spacial score (nSPS) is 16.8. The second kappa shape index (κ2) is 7.01. The zero-order chi connectivity index (χ0) is 12.8. The van der Waals surface area contributed by atoms with Crippen molar-refractivity contribution in [1.29, 1.82) is 0 Å². The van der Waals surface area contributed by atoms with Crippen LogP contribution in [-0.4, -0.2) is 11.7 Å². The molecule has 1 aromatic rings. The Morgan fingerprint density at radius 1 is 1.22 bits per heavy atom. The third-order valence-electron chi connectivity index (χ3n) is 3.70. The van der Waals surface area contributed by atoms with Crippen LogP contribution in [0.5, 0.6) is 5.75 Å².